The molecule has 0 saturated carbocycles. The molecular formula is C16H15N3O4. The Kier molecular flexibility index (Phi) is 5.40. The first-order valence-electron chi connectivity index (χ1n) is 6.80. The molecule has 0 saturated heterocycles. The van der Waals surface area contributed by atoms with Crippen molar-refractivity contribution in [3.63, 3.8) is 0 Å². The lowest BCUT2D eigenvalue weighted by atomic mass is 10.0. The number of carboxylic acid groups (broad SMARTS) is 1. The second kappa shape index (κ2) is 7.69. The highest BCUT2D eigenvalue weighted by Gasteiger charge is 2.09. The highest BCUT2D eigenvalue weighted by molar-refractivity contribution is 6.09. The van der Waals surface area contributed by atoms with Crippen LogP contribution < -0.4 is 10.6 Å². The molecule has 7 nitrogen and oxygen atoms in total. The quantitative estimate of drug-likeness (QED) is 0.353. The van der Waals surface area contributed by atoms with Crippen LogP contribution in [-0.4, -0.2) is 23.5 Å². The van der Waals surface area contributed by atoms with E-state index in [2.05, 4.69) is 10.3 Å². The van der Waals surface area contributed by atoms with Gasteiger partial charge in [0.1, 0.15) is 5.75 Å². The molecule has 3 N–H and O–H groups in total. The van der Waals surface area contributed by atoms with Gasteiger partial charge in [0.15, 0.2) is 5.78 Å². The van der Waals surface area contributed by atoms with Crippen molar-refractivity contribution in [3.05, 3.63) is 59.7 Å². The van der Waals surface area contributed by atoms with Crippen molar-refractivity contribution >= 4 is 17.4 Å². The van der Waals surface area contributed by atoms with Crippen LogP contribution in [0.25, 0.3) is 0 Å². The Morgan fingerprint density at radius 2 is 1.57 bits per heavy atom. The van der Waals surface area contributed by atoms with E-state index in [0.29, 0.717) is 22.6 Å². The Morgan fingerprint density at radius 1 is 1.00 bits per heavy atom. The molecular weight excluding hydrogens is 298 g/mol. The van der Waals surface area contributed by atoms with Gasteiger partial charge in [-0.25, -0.2) is 0 Å². The highest BCUT2D eigenvalue weighted by atomic mass is 16.5. The summed E-state index contributed by atoms with van der Waals surface area (Å²) in [5.41, 5.74) is 1.58. The van der Waals surface area contributed by atoms with Crippen molar-refractivity contribution in [1.29, 1.82) is 0 Å². The van der Waals surface area contributed by atoms with Crippen LogP contribution in [0.1, 0.15) is 22.3 Å². The minimum atomic E-state index is -0.922. The number of aliphatic carboxylic acids is 1. The lowest BCUT2D eigenvalue weighted by Gasteiger charge is -2.06. The van der Waals surface area contributed by atoms with Gasteiger partial charge in [-0.3, -0.25) is 9.59 Å². The first kappa shape index (κ1) is 16.2. The van der Waals surface area contributed by atoms with E-state index in [0.717, 1.165) is 0 Å². The molecule has 0 amide bonds. The van der Waals surface area contributed by atoms with Crippen LogP contribution in [0.4, 0.5) is 5.69 Å². The van der Waals surface area contributed by atoms with Gasteiger partial charge in [0.2, 0.25) is 0 Å². The van der Waals surface area contributed by atoms with E-state index >= 15 is 0 Å². The predicted molar refractivity (Wildman–Crippen MR) is 82.8 cm³/mol. The number of carbonyl (C=O) groups excluding carboxylic acids is 1. The van der Waals surface area contributed by atoms with Gasteiger partial charge in [0.05, 0.1) is 18.7 Å². The first-order chi connectivity index (χ1) is 11.1. The van der Waals surface area contributed by atoms with E-state index in [1.165, 1.54) is 0 Å². The van der Waals surface area contributed by atoms with E-state index in [9.17, 15) is 9.59 Å². The third kappa shape index (κ3) is 4.63. The van der Waals surface area contributed by atoms with Crippen molar-refractivity contribution < 1.29 is 19.4 Å². The lowest BCUT2D eigenvalue weighted by Crippen LogP contribution is -2.05. The predicted octanol–water partition coefficient (Wildman–Crippen LogP) is 2.73. The number of benzene rings is 2. The molecule has 0 spiro atoms. The molecule has 2 aromatic rings. The van der Waals surface area contributed by atoms with Crippen LogP contribution >= 0.6 is 0 Å². The molecule has 7 heteroatoms. The Labute approximate surface area is 132 Å². The number of hydrogen-bond acceptors (Lipinski definition) is 5. The lowest BCUT2D eigenvalue weighted by molar-refractivity contribution is -0.137. The fourth-order valence-corrected chi connectivity index (χ4v) is 1.87. The second-order valence-corrected chi connectivity index (χ2v) is 4.61. The van der Waals surface area contributed by atoms with E-state index in [1.807, 2.05) is 0 Å². The first-order valence-corrected chi connectivity index (χ1v) is 6.80. The molecule has 0 aromatic heterocycles. The van der Waals surface area contributed by atoms with Crippen LogP contribution in [0.3, 0.4) is 0 Å². The third-order valence-electron chi connectivity index (χ3n) is 3.00. The van der Waals surface area contributed by atoms with Gasteiger partial charge in [-0.1, -0.05) is 5.22 Å². The molecule has 2 aromatic carbocycles. The number of ether oxygens (including phenoxy) is 1. The van der Waals surface area contributed by atoms with Gasteiger partial charge in [0, 0.05) is 11.1 Å². The molecule has 0 atom stereocenters. The van der Waals surface area contributed by atoms with Gasteiger partial charge < -0.3 is 15.7 Å². The molecule has 0 heterocycles. The summed E-state index contributed by atoms with van der Waals surface area (Å²) in [4.78, 5) is 22.7. The molecule has 0 unspecified atom stereocenters. The Bertz CT molecular complexity index is 709. The maximum atomic E-state index is 12.3. The SMILES string of the molecule is NN=Nc1ccc(C(=O)c2ccc(OCCC(=O)O)cc2)cc1. The number of nitrogens with zero attached hydrogens (tertiary/aromatic N) is 2. The Hall–Kier alpha value is -3.22. The molecule has 0 aliphatic rings. The fraction of sp³-hybridized carbons (Fsp3) is 0.125. The van der Waals surface area contributed by atoms with E-state index < -0.39 is 5.97 Å². The zero-order chi connectivity index (χ0) is 16.7. The van der Waals surface area contributed by atoms with Gasteiger partial charge in [-0.15, -0.1) is 5.11 Å². The van der Waals surface area contributed by atoms with Crippen LogP contribution in [0.2, 0.25) is 0 Å². The number of carbonyl (C=O) groups is 2. The summed E-state index contributed by atoms with van der Waals surface area (Å²) in [6.07, 6.45) is -0.0762. The molecule has 118 valence electrons. The van der Waals surface area contributed by atoms with Gasteiger partial charge in [-0.05, 0) is 48.5 Å². The number of carboxylic acids is 1. The molecule has 0 radical (unpaired) electrons. The van der Waals surface area contributed by atoms with E-state index in [4.69, 9.17) is 15.7 Å². The van der Waals surface area contributed by atoms with Crippen LogP contribution in [0, 0.1) is 0 Å². The van der Waals surface area contributed by atoms with Crippen molar-refractivity contribution in [2.24, 2.45) is 16.2 Å². The summed E-state index contributed by atoms with van der Waals surface area (Å²) in [5, 5.41) is 15.4. The number of ketones is 1. The minimum absolute atomic E-state index is 0.0762. The smallest absolute Gasteiger partial charge is 0.306 e. The molecule has 2 rings (SSSR count). The van der Waals surface area contributed by atoms with Crippen molar-refractivity contribution in [2.75, 3.05) is 6.61 Å². The summed E-state index contributed by atoms with van der Waals surface area (Å²) < 4.78 is 5.27. The maximum absolute atomic E-state index is 12.3. The zero-order valence-electron chi connectivity index (χ0n) is 12.2. The van der Waals surface area contributed by atoms with Crippen molar-refractivity contribution in [1.82, 2.24) is 0 Å². The molecule has 0 bridgehead atoms. The monoisotopic (exact) mass is 313 g/mol. The topological polar surface area (TPSA) is 114 Å². The van der Waals surface area contributed by atoms with Crippen LogP contribution in [0.15, 0.2) is 58.9 Å². The summed E-state index contributed by atoms with van der Waals surface area (Å²) in [5.74, 6) is 4.41. The number of nitrogens with two attached hydrogens (primary N) is 1. The Morgan fingerprint density at radius 3 is 2.09 bits per heavy atom. The molecule has 0 aliphatic carbocycles. The van der Waals surface area contributed by atoms with E-state index in [-0.39, 0.29) is 18.8 Å². The average Bonchev–Trinajstić information content (AvgIpc) is 2.55. The summed E-state index contributed by atoms with van der Waals surface area (Å²) in [6.45, 7) is 0.0831. The molecule has 0 fully saturated rings. The van der Waals surface area contributed by atoms with Crippen molar-refractivity contribution in [3.8, 4) is 5.75 Å². The van der Waals surface area contributed by atoms with Crippen LogP contribution in [0.5, 0.6) is 5.75 Å². The minimum Gasteiger partial charge on any atom is -0.493 e. The van der Waals surface area contributed by atoms with Gasteiger partial charge in [0.25, 0.3) is 0 Å². The van der Waals surface area contributed by atoms with Gasteiger partial charge >= 0.3 is 5.97 Å². The third-order valence-corrected chi connectivity index (χ3v) is 3.00. The largest absolute Gasteiger partial charge is 0.493 e. The summed E-state index contributed by atoms with van der Waals surface area (Å²) in [7, 11) is 0. The standard InChI is InChI=1S/C16H15N3O4/c17-19-18-13-5-1-11(2-6-13)16(22)12-3-7-14(8-4-12)23-10-9-15(20)21/h1-8H,9-10H2,(H2,17,18)(H,20,21). The molecule has 23 heavy (non-hydrogen) atoms. The fourth-order valence-electron chi connectivity index (χ4n) is 1.87. The van der Waals surface area contributed by atoms with Crippen molar-refractivity contribution in [2.45, 2.75) is 6.42 Å². The summed E-state index contributed by atoms with van der Waals surface area (Å²) in [6, 6.07) is 13.1. The van der Waals surface area contributed by atoms with E-state index in [1.54, 1.807) is 48.5 Å². The number of hydrogen-bond donors (Lipinski definition) is 2. The Balaban J connectivity index is 2.03. The summed E-state index contributed by atoms with van der Waals surface area (Å²) >= 11 is 0. The average molecular weight is 313 g/mol. The normalized spacial score (nSPS) is 10.6. The zero-order valence-corrected chi connectivity index (χ0v) is 12.2. The van der Waals surface area contributed by atoms with Gasteiger partial charge in [-0.2, -0.15) is 0 Å². The highest BCUT2D eigenvalue weighted by Crippen LogP contribution is 2.18. The maximum Gasteiger partial charge on any atom is 0.306 e. The molecule has 0 aliphatic heterocycles. The van der Waals surface area contributed by atoms with Crippen LogP contribution in [-0.2, 0) is 4.79 Å². The second-order valence-electron chi connectivity index (χ2n) is 4.61. The number of rotatable bonds is 7.